The van der Waals surface area contributed by atoms with Gasteiger partial charge in [-0.15, -0.1) is 0 Å². The molecule has 0 atom stereocenters. The van der Waals surface area contributed by atoms with Crippen LogP contribution in [0.15, 0.2) is 160 Å². The first-order chi connectivity index (χ1) is 23.8. The zero-order valence-electron chi connectivity index (χ0n) is 25.6. The van der Waals surface area contributed by atoms with Gasteiger partial charge in [0.05, 0.1) is 0 Å². The summed E-state index contributed by atoms with van der Waals surface area (Å²) in [6.45, 7) is 0. The lowest BCUT2D eigenvalue weighted by molar-refractivity contribution is 0.669. The van der Waals surface area contributed by atoms with Gasteiger partial charge in [-0.05, 0) is 52.9 Å². The second-order valence-corrected chi connectivity index (χ2v) is 12.0. The quantitative estimate of drug-likeness (QED) is 0.197. The Morgan fingerprint density at radius 2 is 0.896 bits per heavy atom. The van der Waals surface area contributed by atoms with E-state index < -0.39 is 0 Å². The predicted molar refractivity (Wildman–Crippen MR) is 194 cm³/mol. The number of para-hydroxylation sites is 1. The molecule has 0 aliphatic carbocycles. The first kappa shape index (κ1) is 26.6. The van der Waals surface area contributed by atoms with E-state index in [1.165, 1.54) is 0 Å². The molecule has 224 valence electrons. The van der Waals surface area contributed by atoms with Crippen LogP contribution >= 0.6 is 0 Å². The fourth-order valence-electron chi connectivity index (χ4n) is 6.80. The van der Waals surface area contributed by atoms with Crippen molar-refractivity contribution in [2.24, 2.45) is 0 Å². The third-order valence-electron chi connectivity index (χ3n) is 9.12. The first-order valence-electron chi connectivity index (χ1n) is 15.9. The molecule has 0 amide bonds. The molecule has 0 radical (unpaired) electrons. The van der Waals surface area contributed by atoms with Gasteiger partial charge in [0.2, 0.25) is 0 Å². The highest BCUT2D eigenvalue weighted by molar-refractivity contribution is 6.21. The Labute approximate surface area is 274 Å². The Hall–Kier alpha value is -6.59. The maximum Gasteiger partial charge on any atom is 0.164 e. The van der Waals surface area contributed by atoms with Gasteiger partial charge >= 0.3 is 0 Å². The third-order valence-corrected chi connectivity index (χ3v) is 9.12. The molecule has 10 aromatic rings. The lowest BCUT2D eigenvalue weighted by Gasteiger charge is -2.10. The Balaban J connectivity index is 1.21. The first-order valence-corrected chi connectivity index (χ1v) is 15.9. The highest BCUT2D eigenvalue weighted by Crippen LogP contribution is 2.42. The molecule has 0 unspecified atom stereocenters. The Bertz CT molecular complexity index is 2780. The lowest BCUT2D eigenvalue weighted by Crippen LogP contribution is -2.00. The van der Waals surface area contributed by atoms with E-state index in [4.69, 9.17) is 23.8 Å². The summed E-state index contributed by atoms with van der Waals surface area (Å²) in [5.74, 6) is 1.84. The molecule has 10 rings (SSSR count). The zero-order valence-corrected chi connectivity index (χ0v) is 25.6. The van der Waals surface area contributed by atoms with Crippen LogP contribution in [0.1, 0.15) is 0 Å². The number of furan rings is 2. The van der Waals surface area contributed by atoms with Crippen molar-refractivity contribution in [1.82, 2.24) is 15.0 Å². The zero-order chi connectivity index (χ0) is 31.6. The highest BCUT2D eigenvalue weighted by atomic mass is 16.3. The fourth-order valence-corrected chi connectivity index (χ4v) is 6.80. The van der Waals surface area contributed by atoms with Crippen LogP contribution in [0.3, 0.4) is 0 Å². The van der Waals surface area contributed by atoms with Gasteiger partial charge in [-0.3, -0.25) is 0 Å². The molecule has 5 nitrogen and oxygen atoms in total. The van der Waals surface area contributed by atoms with Crippen LogP contribution in [0.5, 0.6) is 0 Å². The van der Waals surface area contributed by atoms with Gasteiger partial charge in [0.25, 0.3) is 0 Å². The molecule has 0 saturated carbocycles. The van der Waals surface area contributed by atoms with Gasteiger partial charge in [-0.1, -0.05) is 115 Å². The summed E-state index contributed by atoms with van der Waals surface area (Å²) in [5.41, 5.74) is 8.23. The standard InChI is InChI=1S/C43H25N3O2/c1-3-11-26(12-4-1)41-44-42(27-13-5-2-6-14-27)46-43(45-41)35-23-30-15-7-8-16-31(30)40-39(35)34-22-20-29(25-38(34)48-40)28-19-21-33-32-17-9-10-18-36(32)47-37(33)24-28/h1-25H. The Morgan fingerprint density at radius 3 is 1.60 bits per heavy atom. The van der Waals surface area contributed by atoms with Crippen LogP contribution < -0.4 is 0 Å². The summed E-state index contributed by atoms with van der Waals surface area (Å²) in [4.78, 5) is 15.1. The molecule has 0 saturated heterocycles. The Morgan fingerprint density at radius 1 is 0.354 bits per heavy atom. The predicted octanol–water partition coefficient (Wildman–Crippen LogP) is 11.5. The van der Waals surface area contributed by atoms with E-state index in [2.05, 4.69) is 60.7 Å². The van der Waals surface area contributed by atoms with Crippen LogP contribution in [-0.4, -0.2) is 15.0 Å². The summed E-state index contributed by atoms with van der Waals surface area (Å²) in [7, 11) is 0. The van der Waals surface area contributed by atoms with Crippen LogP contribution in [0.2, 0.25) is 0 Å². The molecule has 3 aromatic heterocycles. The van der Waals surface area contributed by atoms with Crippen molar-refractivity contribution in [2.75, 3.05) is 0 Å². The second kappa shape index (κ2) is 10.5. The fraction of sp³-hybridized carbons (Fsp3) is 0. The van der Waals surface area contributed by atoms with Crippen molar-refractivity contribution in [3.63, 3.8) is 0 Å². The maximum atomic E-state index is 6.76. The summed E-state index contributed by atoms with van der Waals surface area (Å²) >= 11 is 0. The van der Waals surface area contributed by atoms with E-state index in [1.54, 1.807) is 0 Å². The molecule has 3 heterocycles. The molecule has 0 aliphatic heterocycles. The summed E-state index contributed by atoms with van der Waals surface area (Å²) in [6.07, 6.45) is 0. The second-order valence-electron chi connectivity index (χ2n) is 12.0. The van der Waals surface area contributed by atoms with Gasteiger partial charge in [0.1, 0.15) is 22.3 Å². The molecule has 5 heteroatoms. The van der Waals surface area contributed by atoms with Crippen molar-refractivity contribution < 1.29 is 8.83 Å². The van der Waals surface area contributed by atoms with E-state index in [-0.39, 0.29) is 0 Å². The van der Waals surface area contributed by atoms with E-state index in [9.17, 15) is 0 Å². The molecule has 48 heavy (non-hydrogen) atoms. The largest absolute Gasteiger partial charge is 0.456 e. The molecule has 0 fully saturated rings. The van der Waals surface area contributed by atoms with E-state index in [0.717, 1.165) is 82.5 Å². The van der Waals surface area contributed by atoms with Crippen molar-refractivity contribution >= 4 is 54.6 Å². The minimum atomic E-state index is 0.598. The lowest BCUT2D eigenvalue weighted by atomic mass is 9.98. The minimum absolute atomic E-state index is 0.598. The van der Waals surface area contributed by atoms with E-state index in [0.29, 0.717) is 17.5 Å². The molecule has 7 aromatic carbocycles. The average molecular weight is 616 g/mol. The number of nitrogens with zero attached hydrogens (tertiary/aromatic N) is 3. The smallest absolute Gasteiger partial charge is 0.164 e. The van der Waals surface area contributed by atoms with Crippen molar-refractivity contribution in [2.45, 2.75) is 0 Å². The van der Waals surface area contributed by atoms with Gasteiger partial charge in [0.15, 0.2) is 17.5 Å². The SMILES string of the molecule is c1ccc(-c2nc(-c3ccccc3)nc(-c3cc4ccccc4c4oc5cc(-c6ccc7c(c6)oc6ccccc67)ccc5c34)n2)cc1. The van der Waals surface area contributed by atoms with Crippen molar-refractivity contribution in [1.29, 1.82) is 0 Å². The molecule has 0 bridgehead atoms. The number of hydrogen-bond donors (Lipinski definition) is 0. The summed E-state index contributed by atoms with van der Waals surface area (Å²) in [6, 6.07) is 51.6. The van der Waals surface area contributed by atoms with Crippen LogP contribution in [-0.2, 0) is 0 Å². The van der Waals surface area contributed by atoms with Gasteiger partial charge in [0, 0.05) is 43.6 Å². The number of aromatic nitrogens is 3. The monoisotopic (exact) mass is 615 g/mol. The average Bonchev–Trinajstić information content (AvgIpc) is 3.73. The topological polar surface area (TPSA) is 65.0 Å². The molecule has 0 N–H and O–H groups in total. The van der Waals surface area contributed by atoms with Gasteiger partial charge in [-0.25, -0.2) is 15.0 Å². The van der Waals surface area contributed by atoms with E-state index in [1.807, 2.05) is 91.0 Å². The number of fused-ring (bicyclic) bond motifs is 8. The number of rotatable bonds is 4. The van der Waals surface area contributed by atoms with Crippen molar-refractivity contribution in [3.8, 4) is 45.3 Å². The summed E-state index contributed by atoms with van der Waals surface area (Å²) < 4.78 is 13.0. The molecule has 0 spiro atoms. The summed E-state index contributed by atoms with van der Waals surface area (Å²) in [5, 5.41) is 6.30. The van der Waals surface area contributed by atoms with Crippen LogP contribution in [0.25, 0.3) is 99.9 Å². The molecular weight excluding hydrogens is 590 g/mol. The molecule has 0 aliphatic rings. The van der Waals surface area contributed by atoms with E-state index >= 15 is 0 Å². The minimum Gasteiger partial charge on any atom is -0.456 e. The number of benzene rings is 7. The molecular formula is C43H25N3O2. The normalized spacial score (nSPS) is 11.8. The highest BCUT2D eigenvalue weighted by Gasteiger charge is 2.21. The van der Waals surface area contributed by atoms with Gasteiger partial charge in [-0.2, -0.15) is 0 Å². The number of hydrogen-bond acceptors (Lipinski definition) is 5. The third kappa shape index (κ3) is 4.22. The van der Waals surface area contributed by atoms with Crippen molar-refractivity contribution in [3.05, 3.63) is 152 Å². The van der Waals surface area contributed by atoms with Crippen LogP contribution in [0.4, 0.5) is 0 Å². The van der Waals surface area contributed by atoms with Crippen LogP contribution in [0, 0.1) is 0 Å². The van der Waals surface area contributed by atoms with Gasteiger partial charge < -0.3 is 8.83 Å². The Kier molecular flexibility index (Phi) is 5.81. The maximum absolute atomic E-state index is 6.76.